The molecule has 0 unspecified atom stereocenters. The molecule has 3 atom stereocenters. The fourth-order valence-corrected chi connectivity index (χ4v) is 3.63. The second-order valence-corrected chi connectivity index (χ2v) is 6.49. The zero-order valence-corrected chi connectivity index (χ0v) is 12.8. The highest BCUT2D eigenvalue weighted by atomic mass is 35.5. The summed E-state index contributed by atoms with van der Waals surface area (Å²) < 4.78 is 5.75. The highest BCUT2D eigenvalue weighted by Crippen LogP contribution is 2.39. The second kappa shape index (κ2) is 5.55. The van der Waals surface area contributed by atoms with Crippen molar-refractivity contribution in [3.63, 3.8) is 0 Å². The Kier molecular flexibility index (Phi) is 3.93. The predicted octanol–water partition coefficient (Wildman–Crippen LogP) is 3.52. The fraction of sp³-hybridized carbons (Fsp3) is 0.533. The summed E-state index contributed by atoms with van der Waals surface area (Å²) in [5.41, 5.74) is 0.913. The number of carbonyl (C=O) groups is 1. The molecule has 108 valence electrons. The van der Waals surface area contributed by atoms with Gasteiger partial charge in [0, 0.05) is 23.6 Å². The highest BCUT2D eigenvalue weighted by molar-refractivity contribution is 6.35. The molecule has 0 saturated carbocycles. The number of nitrogens with zero attached hydrogens (tertiary/aromatic N) is 1. The van der Waals surface area contributed by atoms with E-state index in [4.69, 9.17) is 27.9 Å². The molecule has 0 aromatic heterocycles. The third kappa shape index (κ3) is 2.67. The van der Waals surface area contributed by atoms with Gasteiger partial charge in [0.1, 0.15) is 0 Å². The van der Waals surface area contributed by atoms with Crippen LogP contribution in [0.4, 0.5) is 0 Å². The summed E-state index contributed by atoms with van der Waals surface area (Å²) in [6.45, 7) is 0.503. The van der Waals surface area contributed by atoms with Crippen LogP contribution in [0.1, 0.15) is 24.8 Å². The number of hydrogen-bond acceptors (Lipinski definition) is 2. The molecule has 3 rings (SSSR count). The highest BCUT2D eigenvalue weighted by Gasteiger charge is 2.45. The van der Waals surface area contributed by atoms with Gasteiger partial charge in [0.15, 0.2) is 0 Å². The van der Waals surface area contributed by atoms with Crippen molar-refractivity contribution in [2.24, 2.45) is 5.92 Å². The summed E-state index contributed by atoms with van der Waals surface area (Å²) in [5.74, 6) is 0.174. The number of amides is 1. The van der Waals surface area contributed by atoms with Crippen LogP contribution in [0.25, 0.3) is 0 Å². The normalized spacial score (nSPS) is 27.9. The van der Waals surface area contributed by atoms with Crippen molar-refractivity contribution in [1.82, 2.24) is 4.90 Å². The summed E-state index contributed by atoms with van der Waals surface area (Å²) in [5, 5.41) is 1.20. The lowest BCUT2D eigenvalue weighted by molar-refractivity contribution is -0.136. The van der Waals surface area contributed by atoms with Crippen molar-refractivity contribution in [3.05, 3.63) is 33.8 Å². The maximum absolute atomic E-state index is 12.5. The molecule has 20 heavy (non-hydrogen) atoms. The van der Waals surface area contributed by atoms with Gasteiger partial charge in [-0.2, -0.15) is 0 Å². The van der Waals surface area contributed by atoms with E-state index in [1.165, 1.54) is 0 Å². The first-order valence-electron chi connectivity index (χ1n) is 6.89. The van der Waals surface area contributed by atoms with Crippen molar-refractivity contribution < 1.29 is 9.53 Å². The molecule has 2 bridgehead atoms. The van der Waals surface area contributed by atoms with Gasteiger partial charge in [0.2, 0.25) is 5.91 Å². The van der Waals surface area contributed by atoms with Crippen LogP contribution in [0.15, 0.2) is 18.2 Å². The number of halogens is 2. The molecule has 2 aliphatic heterocycles. The summed E-state index contributed by atoms with van der Waals surface area (Å²) in [7, 11) is 1.82. The SMILES string of the molecule is CN(Cc1ccc(Cl)cc1Cl)C(=O)[C@@H]1C[C@H]2CC[C@H]1O2. The van der Waals surface area contributed by atoms with Gasteiger partial charge in [-0.25, -0.2) is 0 Å². The smallest absolute Gasteiger partial charge is 0.228 e. The van der Waals surface area contributed by atoms with E-state index in [0.717, 1.165) is 24.8 Å². The third-order valence-corrected chi connectivity index (χ3v) is 4.81. The van der Waals surface area contributed by atoms with E-state index in [1.807, 2.05) is 13.1 Å². The van der Waals surface area contributed by atoms with Crippen LogP contribution in [0.2, 0.25) is 10.0 Å². The average Bonchev–Trinajstić information content (AvgIpc) is 3.03. The summed E-state index contributed by atoms with van der Waals surface area (Å²) in [6, 6.07) is 5.37. The number of ether oxygens (including phenoxy) is 1. The minimum absolute atomic E-state index is 0.0184. The van der Waals surface area contributed by atoms with E-state index in [0.29, 0.717) is 22.7 Å². The third-order valence-electron chi connectivity index (χ3n) is 4.22. The van der Waals surface area contributed by atoms with Gasteiger partial charge in [0.05, 0.1) is 18.1 Å². The van der Waals surface area contributed by atoms with Gasteiger partial charge in [-0.05, 0) is 37.0 Å². The molecule has 0 radical (unpaired) electrons. The molecule has 3 nitrogen and oxygen atoms in total. The molecule has 1 aromatic rings. The largest absolute Gasteiger partial charge is 0.374 e. The first-order chi connectivity index (χ1) is 9.54. The van der Waals surface area contributed by atoms with Crippen molar-refractivity contribution in [2.75, 3.05) is 7.05 Å². The lowest BCUT2D eigenvalue weighted by atomic mass is 9.88. The number of rotatable bonds is 3. The van der Waals surface area contributed by atoms with Crippen LogP contribution < -0.4 is 0 Å². The van der Waals surface area contributed by atoms with Crippen molar-refractivity contribution in [2.45, 2.75) is 38.0 Å². The van der Waals surface area contributed by atoms with Gasteiger partial charge < -0.3 is 9.64 Å². The van der Waals surface area contributed by atoms with Crippen LogP contribution in [0, 0.1) is 5.92 Å². The molecule has 0 spiro atoms. The molecule has 0 aliphatic carbocycles. The zero-order valence-electron chi connectivity index (χ0n) is 11.3. The molecule has 2 aliphatic rings. The van der Waals surface area contributed by atoms with Crippen LogP contribution in [0.5, 0.6) is 0 Å². The number of fused-ring (bicyclic) bond motifs is 2. The standard InChI is InChI=1S/C15H17Cl2NO2/c1-18(8-9-2-3-10(16)6-13(9)17)15(19)12-7-11-4-5-14(12)20-11/h2-3,6,11-12,14H,4-5,7-8H2,1H3/t11-,12-,14-/m1/s1. The van der Waals surface area contributed by atoms with Crippen LogP contribution in [0.3, 0.4) is 0 Å². The molecule has 2 heterocycles. The van der Waals surface area contributed by atoms with Gasteiger partial charge in [0.25, 0.3) is 0 Å². The maximum atomic E-state index is 12.5. The first-order valence-corrected chi connectivity index (χ1v) is 7.64. The monoisotopic (exact) mass is 313 g/mol. The van der Waals surface area contributed by atoms with Crippen molar-refractivity contribution >= 4 is 29.1 Å². The van der Waals surface area contributed by atoms with E-state index in [2.05, 4.69) is 0 Å². The Bertz CT molecular complexity index is 535. The van der Waals surface area contributed by atoms with E-state index in [-0.39, 0.29) is 17.9 Å². The number of hydrogen-bond donors (Lipinski definition) is 0. The Labute approximate surface area is 128 Å². The molecule has 0 N–H and O–H groups in total. The van der Waals surface area contributed by atoms with Crippen LogP contribution in [-0.4, -0.2) is 30.1 Å². The van der Waals surface area contributed by atoms with Gasteiger partial charge >= 0.3 is 0 Å². The summed E-state index contributed by atoms with van der Waals surface area (Å²) in [6.07, 6.45) is 3.39. The lowest BCUT2D eigenvalue weighted by Crippen LogP contribution is -2.37. The Morgan fingerprint density at radius 3 is 2.80 bits per heavy atom. The van der Waals surface area contributed by atoms with E-state index >= 15 is 0 Å². The van der Waals surface area contributed by atoms with Crippen LogP contribution >= 0.6 is 23.2 Å². The van der Waals surface area contributed by atoms with Gasteiger partial charge in [-0.15, -0.1) is 0 Å². The topological polar surface area (TPSA) is 29.5 Å². The molecule has 1 amide bonds. The first kappa shape index (κ1) is 14.2. The molecule has 2 saturated heterocycles. The Morgan fingerprint density at radius 2 is 2.20 bits per heavy atom. The molecule has 5 heteroatoms. The Morgan fingerprint density at radius 1 is 1.40 bits per heavy atom. The van der Waals surface area contributed by atoms with Gasteiger partial charge in [-0.1, -0.05) is 29.3 Å². The van der Waals surface area contributed by atoms with E-state index in [9.17, 15) is 4.79 Å². The van der Waals surface area contributed by atoms with Crippen LogP contribution in [-0.2, 0) is 16.1 Å². The summed E-state index contributed by atoms with van der Waals surface area (Å²) >= 11 is 12.0. The minimum Gasteiger partial charge on any atom is -0.374 e. The maximum Gasteiger partial charge on any atom is 0.228 e. The molecular weight excluding hydrogens is 297 g/mol. The quantitative estimate of drug-likeness (QED) is 0.854. The Hall–Kier alpha value is -0.770. The summed E-state index contributed by atoms with van der Waals surface area (Å²) in [4.78, 5) is 14.2. The zero-order chi connectivity index (χ0) is 14.3. The Balaban J connectivity index is 1.66. The lowest BCUT2D eigenvalue weighted by Gasteiger charge is -2.25. The molecule has 2 fully saturated rings. The number of carbonyl (C=O) groups excluding carboxylic acids is 1. The number of benzene rings is 1. The van der Waals surface area contributed by atoms with Crippen molar-refractivity contribution in [1.29, 1.82) is 0 Å². The predicted molar refractivity (Wildman–Crippen MR) is 78.9 cm³/mol. The van der Waals surface area contributed by atoms with Crippen molar-refractivity contribution in [3.8, 4) is 0 Å². The average molecular weight is 314 g/mol. The van der Waals surface area contributed by atoms with Gasteiger partial charge in [-0.3, -0.25) is 4.79 Å². The van der Waals surface area contributed by atoms with E-state index < -0.39 is 0 Å². The molecule has 1 aromatic carbocycles. The second-order valence-electron chi connectivity index (χ2n) is 5.65. The fourth-order valence-electron chi connectivity index (χ4n) is 3.16. The molecular formula is C15H17Cl2NO2. The van der Waals surface area contributed by atoms with E-state index in [1.54, 1.807) is 17.0 Å². The minimum atomic E-state index is 0.0184.